The van der Waals surface area contributed by atoms with Crippen molar-refractivity contribution in [2.75, 3.05) is 5.32 Å². The van der Waals surface area contributed by atoms with Crippen LogP contribution in [0.3, 0.4) is 0 Å². The number of nitrogens with one attached hydrogen (secondary N) is 1. The lowest BCUT2D eigenvalue weighted by Crippen LogP contribution is -2.11. The molecule has 134 valence electrons. The molecule has 0 bridgehead atoms. The third-order valence-corrected chi connectivity index (χ3v) is 4.06. The fourth-order valence-electron chi connectivity index (χ4n) is 2.64. The van der Waals surface area contributed by atoms with E-state index in [9.17, 15) is 4.79 Å². The number of aromatic nitrogens is 3. The van der Waals surface area contributed by atoms with Crippen LogP contribution in [0, 0.1) is 13.8 Å². The van der Waals surface area contributed by atoms with Crippen LogP contribution in [0.25, 0.3) is 22.9 Å². The van der Waals surface area contributed by atoms with E-state index in [1.165, 1.54) is 0 Å². The van der Waals surface area contributed by atoms with Gasteiger partial charge in [-0.3, -0.25) is 4.79 Å². The number of hydrogen-bond acceptors (Lipinski definition) is 6. The van der Waals surface area contributed by atoms with Gasteiger partial charge in [-0.05, 0) is 49.7 Å². The molecule has 7 nitrogen and oxygen atoms in total. The third-order valence-electron chi connectivity index (χ3n) is 4.06. The molecule has 0 aliphatic heterocycles. The van der Waals surface area contributed by atoms with E-state index < -0.39 is 0 Å². The van der Waals surface area contributed by atoms with Crippen LogP contribution in [0.5, 0.6) is 0 Å². The predicted octanol–water partition coefficient (Wildman–Crippen LogP) is 4.26. The molecule has 0 spiro atoms. The number of carbonyl (C=O) groups is 1. The summed E-state index contributed by atoms with van der Waals surface area (Å²) in [4.78, 5) is 12.3. The summed E-state index contributed by atoms with van der Waals surface area (Å²) in [6.45, 7) is 3.75. The van der Waals surface area contributed by atoms with Gasteiger partial charge in [0.25, 0.3) is 5.91 Å². The van der Waals surface area contributed by atoms with Crippen molar-refractivity contribution in [1.29, 1.82) is 0 Å². The highest BCUT2D eigenvalue weighted by Gasteiger charge is 2.13. The van der Waals surface area contributed by atoms with Crippen molar-refractivity contribution >= 4 is 11.7 Å². The average Bonchev–Trinajstić information content (AvgIpc) is 3.31. The van der Waals surface area contributed by atoms with E-state index in [-0.39, 0.29) is 5.91 Å². The van der Waals surface area contributed by atoms with E-state index >= 15 is 0 Å². The lowest BCUT2D eigenvalue weighted by molar-refractivity contribution is 0.102. The predicted molar refractivity (Wildman–Crippen MR) is 99.1 cm³/mol. The molecular formula is C20H16N4O3. The minimum Gasteiger partial charge on any atom is -0.416 e. The molecule has 2 aromatic heterocycles. The zero-order valence-corrected chi connectivity index (χ0v) is 14.8. The number of rotatable bonds is 4. The summed E-state index contributed by atoms with van der Waals surface area (Å²) >= 11 is 0. The second kappa shape index (κ2) is 6.87. The van der Waals surface area contributed by atoms with Gasteiger partial charge in [-0.2, -0.15) is 0 Å². The summed E-state index contributed by atoms with van der Waals surface area (Å²) in [5, 5.41) is 14.7. The molecule has 27 heavy (non-hydrogen) atoms. The summed E-state index contributed by atoms with van der Waals surface area (Å²) < 4.78 is 10.7. The summed E-state index contributed by atoms with van der Waals surface area (Å²) in [6, 6.07) is 16.4. The molecule has 0 fully saturated rings. The first-order valence-corrected chi connectivity index (χ1v) is 8.35. The second-order valence-corrected chi connectivity index (χ2v) is 6.08. The molecule has 0 saturated heterocycles. The molecular weight excluding hydrogens is 344 g/mol. The number of anilines is 1. The van der Waals surface area contributed by atoms with E-state index in [0.717, 1.165) is 16.7 Å². The Kier molecular flexibility index (Phi) is 4.25. The maximum Gasteiger partial charge on any atom is 0.256 e. The van der Waals surface area contributed by atoms with Gasteiger partial charge >= 0.3 is 0 Å². The van der Waals surface area contributed by atoms with Crippen molar-refractivity contribution in [3.63, 3.8) is 0 Å². The highest BCUT2D eigenvalue weighted by molar-refractivity contribution is 6.03. The topological polar surface area (TPSA) is 94.1 Å². The van der Waals surface area contributed by atoms with Crippen LogP contribution >= 0.6 is 0 Å². The summed E-state index contributed by atoms with van der Waals surface area (Å²) in [5.74, 6) is 1.59. The first kappa shape index (κ1) is 16.7. The highest BCUT2D eigenvalue weighted by Crippen LogP contribution is 2.26. The molecule has 0 radical (unpaired) electrons. The molecule has 7 heteroatoms. The molecule has 2 heterocycles. The fraction of sp³-hybridized carbons (Fsp3) is 0.100. The van der Waals surface area contributed by atoms with Gasteiger partial charge in [0.15, 0.2) is 5.82 Å². The Morgan fingerprint density at radius 3 is 2.41 bits per heavy atom. The molecule has 4 aromatic rings. The van der Waals surface area contributed by atoms with Crippen LogP contribution in [0.1, 0.15) is 21.7 Å². The highest BCUT2D eigenvalue weighted by atomic mass is 16.5. The van der Waals surface area contributed by atoms with Crippen molar-refractivity contribution in [2.45, 2.75) is 13.8 Å². The third kappa shape index (κ3) is 3.48. The first-order valence-electron chi connectivity index (χ1n) is 8.35. The molecule has 2 aromatic carbocycles. The van der Waals surface area contributed by atoms with Gasteiger partial charge in [-0.1, -0.05) is 23.4 Å². The number of carbonyl (C=O) groups excluding carboxylic acids is 1. The number of benzene rings is 2. The maximum absolute atomic E-state index is 12.3. The van der Waals surface area contributed by atoms with E-state index in [2.05, 4.69) is 20.7 Å². The monoisotopic (exact) mass is 360 g/mol. The maximum atomic E-state index is 12.3. The molecule has 0 saturated carbocycles. The van der Waals surface area contributed by atoms with Crippen molar-refractivity contribution in [3.8, 4) is 22.9 Å². The molecule has 0 aliphatic carbocycles. The largest absolute Gasteiger partial charge is 0.416 e. The standard InChI is InChI=1S/C20H16N4O3/c1-12-5-3-4-6-16(12)20-23-22-19(26-20)15-9-7-14(8-10-15)18(25)21-17-11-13(2)27-24-17/h3-11H,1-2H3,(H,21,24,25). The van der Waals surface area contributed by atoms with E-state index in [1.807, 2.05) is 31.2 Å². The van der Waals surface area contributed by atoms with Gasteiger partial charge in [0, 0.05) is 22.8 Å². The molecule has 1 amide bonds. The van der Waals surface area contributed by atoms with Crippen LogP contribution in [0.15, 0.2) is 63.5 Å². The van der Waals surface area contributed by atoms with Crippen molar-refractivity contribution in [3.05, 3.63) is 71.5 Å². The van der Waals surface area contributed by atoms with Gasteiger partial charge < -0.3 is 14.3 Å². The van der Waals surface area contributed by atoms with E-state index in [1.54, 1.807) is 37.3 Å². The second-order valence-electron chi connectivity index (χ2n) is 6.08. The molecule has 0 aliphatic rings. The molecule has 4 rings (SSSR count). The van der Waals surface area contributed by atoms with Gasteiger partial charge in [-0.25, -0.2) is 0 Å². The zero-order chi connectivity index (χ0) is 18.8. The lowest BCUT2D eigenvalue weighted by atomic mass is 10.1. The summed E-state index contributed by atoms with van der Waals surface area (Å²) in [5.41, 5.74) is 3.17. The minimum atomic E-state index is -0.277. The van der Waals surface area contributed by atoms with Crippen molar-refractivity contribution in [1.82, 2.24) is 15.4 Å². The van der Waals surface area contributed by atoms with E-state index in [0.29, 0.717) is 28.9 Å². The first-order chi connectivity index (χ1) is 13.1. The molecule has 0 atom stereocenters. The van der Waals surface area contributed by atoms with Crippen LogP contribution in [0.2, 0.25) is 0 Å². The SMILES string of the molecule is Cc1cc(NC(=O)c2ccc(-c3nnc(-c4ccccc4C)o3)cc2)no1. The Morgan fingerprint density at radius 1 is 0.963 bits per heavy atom. The van der Waals surface area contributed by atoms with Crippen LogP contribution < -0.4 is 5.32 Å². The normalized spacial score (nSPS) is 10.7. The van der Waals surface area contributed by atoms with Crippen LogP contribution in [0.4, 0.5) is 5.82 Å². The van der Waals surface area contributed by atoms with E-state index in [4.69, 9.17) is 8.94 Å². The Morgan fingerprint density at radius 2 is 1.70 bits per heavy atom. The lowest BCUT2D eigenvalue weighted by Gasteiger charge is -2.02. The number of aryl methyl sites for hydroxylation is 2. The minimum absolute atomic E-state index is 0.277. The fourth-order valence-corrected chi connectivity index (χ4v) is 2.64. The van der Waals surface area contributed by atoms with Crippen LogP contribution in [-0.4, -0.2) is 21.3 Å². The van der Waals surface area contributed by atoms with Crippen molar-refractivity contribution in [2.24, 2.45) is 0 Å². The Labute approximate surface area is 155 Å². The Bertz CT molecular complexity index is 1100. The quantitative estimate of drug-likeness (QED) is 0.584. The van der Waals surface area contributed by atoms with Crippen molar-refractivity contribution < 1.29 is 13.7 Å². The Hall–Kier alpha value is -3.74. The van der Waals surface area contributed by atoms with Gasteiger partial charge in [0.2, 0.25) is 11.8 Å². The summed E-state index contributed by atoms with van der Waals surface area (Å²) in [7, 11) is 0. The zero-order valence-electron chi connectivity index (χ0n) is 14.8. The number of hydrogen-bond donors (Lipinski definition) is 1. The number of nitrogens with zero attached hydrogens (tertiary/aromatic N) is 3. The molecule has 0 unspecified atom stereocenters. The van der Waals surface area contributed by atoms with Gasteiger partial charge in [0.1, 0.15) is 5.76 Å². The van der Waals surface area contributed by atoms with Gasteiger partial charge in [0.05, 0.1) is 0 Å². The number of amides is 1. The van der Waals surface area contributed by atoms with Gasteiger partial charge in [-0.15, -0.1) is 10.2 Å². The smallest absolute Gasteiger partial charge is 0.256 e. The molecule has 1 N–H and O–H groups in total. The summed E-state index contributed by atoms with van der Waals surface area (Å²) in [6.07, 6.45) is 0. The average molecular weight is 360 g/mol. The Balaban J connectivity index is 1.52. The van der Waals surface area contributed by atoms with Crippen LogP contribution in [-0.2, 0) is 0 Å².